The van der Waals surface area contributed by atoms with Crippen molar-refractivity contribution in [3.63, 3.8) is 0 Å². The zero-order valence-electron chi connectivity index (χ0n) is 12.2. The summed E-state index contributed by atoms with van der Waals surface area (Å²) in [4.78, 5) is 32.7. The van der Waals surface area contributed by atoms with Crippen LogP contribution in [0.2, 0.25) is 0 Å². The normalized spacial score (nSPS) is 16.3. The van der Waals surface area contributed by atoms with Gasteiger partial charge < -0.3 is 5.32 Å². The number of rotatable bonds is 4. The summed E-state index contributed by atoms with van der Waals surface area (Å²) in [5.74, 6) is 0.611. The molecule has 0 radical (unpaired) electrons. The van der Waals surface area contributed by atoms with E-state index in [1.165, 1.54) is 11.8 Å². The molecule has 6 nitrogen and oxygen atoms in total. The lowest BCUT2D eigenvalue weighted by molar-refractivity contribution is -0.121. The molecule has 0 fully saturated rings. The van der Waals surface area contributed by atoms with Crippen LogP contribution in [0.5, 0.6) is 0 Å². The van der Waals surface area contributed by atoms with E-state index in [0.29, 0.717) is 23.0 Å². The molecule has 114 valence electrons. The number of nitrogens with zero attached hydrogens (tertiary/aromatic N) is 3. The van der Waals surface area contributed by atoms with Gasteiger partial charge in [0.05, 0.1) is 18.3 Å². The highest BCUT2D eigenvalue weighted by atomic mass is 32.2. The molecule has 0 aliphatic carbocycles. The zero-order chi connectivity index (χ0) is 15.5. The smallest absolute Gasteiger partial charge is 0.257 e. The summed E-state index contributed by atoms with van der Waals surface area (Å²) < 4.78 is 1.64. The van der Waals surface area contributed by atoms with Crippen LogP contribution >= 0.6 is 11.8 Å². The third kappa shape index (κ3) is 3.04. The molecule has 1 aliphatic heterocycles. The molecule has 1 aliphatic rings. The quantitative estimate of drug-likeness (QED) is 0.860. The summed E-state index contributed by atoms with van der Waals surface area (Å²) in [6.45, 7) is 2.14. The van der Waals surface area contributed by atoms with E-state index in [1.807, 2.05) is 18.2 Å². The predicted molar refractivity (Wildman–Crippen MR) is 83.7 cm³/mol. The van der Waals surface area contributed by atoms with Crippen molar-refractivity contribution in [2.24, 2.45) is 0 Å². The van der Waals surface area contributed by atoms with E-state index in [1.54, 1.807) is 23.9 Å². The van der Waals surface area contributed by atoms with Crippen molar-refractivity contribution in [3.05, 3.63) is 52.2 Å². The lowest BCUT2D eigenvalue weighted by Crippen LogP contribution is -2.31. The minimum atomic E-state index is -0.136. The van der Waals surface area contributed by atoms with E-state index >= 15 is 0 Å². The van der Waals surface area contributed by atoms with Crippen molar-refractivity contribution in [1.29, 1.82) is 0 Å². The van der Waals surface area contributed by atoms with E-state index < -0.39 is 0 Å². The molecule has 0 unspecified atom stereocenters. The van der Waals surface area contributed by atoms with Gasteiger partial charge in [-0.05, 0) is 19.1 Å². The number of hydrogen-bond donors (Lipinski definition) is 1. The SMILES string of the molecule is Cc1cnc2n(c1=O)[C@H](CC(=O)NCc1ccccn1)CS2. The number of aromatic nitrogens is 3. The third-order valence-electron chi connectivity index (χ3n) is 3.51. The average Bonchev–Trinajstić information content (AvgIpc) is 2.93. The molecule has 22 heavy (non-hydrogen) atoms. The van der Waals surface area contributed by atoms with Gasteiger partial charge in [0, 0.05) is 30.1 Å². The number of hydrogen-bond acceptors (Lipinski definition) is 5. The second kappa shape index (κ2) is 6.31. The summed E-state index contributed by atoms with van der Waals surface area (Å²) >= 11 is 1.51. The fourth-order valence-corrected chi connectivity index (χ4v) is 3.46. The molecule has 1 N–H and O–H groups in total. The first-order valence-corrected chi connectivity index (χ1v) is 8.01. The number of nitrogens with one attached hydrogen (secondary N) is 1. The lowest BCUT2D eigenvalue weighted by Gasteiger charge is -2.13. The van der Waals surface area contributed by atoms with Gasteiger partial charge in [-0.1, -0.05) is 17.8 Å². The molecule has 0 bridgehead atoms. The summed E-state index contributed by atoms with van der Waals surface area (Å²) in [7, 11) is 0. The Kier molecular flexibility index (Phi) is 4.24. The molecule has 0 saturated carbocycles. The Labute approximate surface area is 132 Å². The molecule has 2 aromatic heterocycles. The monoisotopic (exact) mass is 316 g/mol. The molecule has 2 aromatic rings. The number of fused-ring (bicyclic) bond motifs is 1. The maximum absolute atomic E-state index is 12.2. The van der Waals surface area contributed by atoms with Crippen LogP contribution in [0.25, 0.3) is 0 Å². The van der Waals surface area contributed by atoms with E-state index in [-0.39, 0.29) is 23.9 Å². The molecule has 1 amide bonds. The van der Waals surface area contributed by atoms with E-state index in [9.17, 15) is 9.59 Å². The van der Waals surface area contributed by atoms with E-state index in [4.69, 9.17) is 0 Å². The van der Waals surface area contributed by atoms with Gasteiger partial charge in [-0.3, -0.25) is 19.1 Å². The van der Waals surface area contributed by atoms with Crippen LogP contribution in [0.4, 0.5) is 0 Å². The largest absolute Gasteiger partial charge is 0.350 e. The van der Waals surface area contributed by atoms with Gasteiger partial charge >= 0.3 is 0 Å². The van der Waals surface area contributed by atoms with Crippen molar-refractivity contribution >= 4 is 17.7 Å². The van der Waals surface area contributed by atoms with E-state index in [2.05, 4.69) is 15.3 Å². The van der Waals surface area contributed by atoms with Gasteiger partial charge in [0.2, 0.25) is 5.91 Å². The van der Waals surface area contributed by atoms with Gasteiger partial charge in [-0.25, -0.2) is 4.98 Å². The molecule has 1 atom stereocenters. The Hall–Kier alpha value is -2.15. The van der Waals surface area contributed by atoms with Crippen molar-refractivity contribution in [1.82, 2.24) is 19.9 Å². The van der Waals surface area contributed by atoms with Crippen molar-refractivity contribution in [3.8, 4) is 0 Å². The van der Waals surface area contributed by atoms with Crippen LogP contribution in [0.3, 0.4) is 0 Å². The van der Waals surface area contributed by atoms with Crippen LogP contribution in [0, 0.1) is 6.92 Å². The molecule has 7 heteroatoms. The highest BCUT2D eigenvalue weighted by Gasteiger charge is 2.27. The van der Waals surface area contributed by atoms with Crippen LogP contribution in [0.1, 0.15) is 23.7 Å². The number of thioether (sulfide) groups is 1. The van der Waals surface area contributed by atoms with Gasteiger partial charge in [-0.2, -0.15) is 0 Å². The Morgan fingerprint density at radius 2 is 2.32 bits per heavy atom. The standard InChI is InChI=1S/C15H16N4O2S/c1-10-7-18-15-19(14(10)21)12(9-22-15)6-13(20)17-8-11-4-2-3-5-16-11/h2-5,7,12H,6,8-9H2,1H3,(H,17,20)/t12-/m1/s1. The number of amides is 1. The van der Waals surface area contributed by atoms with Gasteiger partial charge in [-0.15, -0.1) is 0 Å². The third-order valence-corrected chi connectivity index (χ3v) is 4.63. The number of carbonyl (C=O) groups excluding carboxylic acids is 1. The highest BCUT2D eigenvalue weighted by molar-refractivity contribution is 7.99. The molecule has 3 rings (SSSR count). The van der Waals surface area contributed by atoms with Gasteiger partial charge in [0.15, 0.2) is 5.16 Å². The van der Waals surface area contributed by atoms with Crippen LogP contribution in [0.15, 0.2) is 40.5 Å². The van der Waals surface area contributed by atoms with Crippen molar-refractivity contribution in [2.75, 3.05) is 5.75 Å². The van der Waals surface area contributed by atoms with Crippen LogP contribution < -0.4 is 10.9 Å². The van der Waals surface area contributed by atoms with Gasteiger partial charge in [0.25, 0.3) is 5.56 Å². The Morgan fingerprint density at radius 1 is 1.45 bits per heavy atom. The molecule has 0 saturated heterocycles. The first-order valence-electron chi connectivity index (χ1n) is 7.02. The topological polar surface area (TPSA) is 76.9 Å². The zero-order valence-corrected chi connectivity index (χ0v) is 13.0. The maximum atomic E-state index is 12.2. The second-order valence-corrected chi connectivity index (χ2v) is 6.15. The summed E-state index contributed by atoms with van der Waals surface area (Å²) in [6, 6.07) is 5.44. The minimum Gasteiger partial charge on any atom is -0.350 e. The second-order valence-electron chi connectivity index (χ2n) is 5.17. The Bertz CT molecular complexity index is 745. The van der Waals surface area contributed by atoms with Crippen molar-refractivity contribution in [2.45, 2.75) is 31.1 Å². The average molecular weight is 316 g/mol. The fourth-order valence-electron chi connectivity index (χ4n) is 2.35. The molecule has 0 spiro atoms. The van der Waals surface area contributed by atoms with Crippen LogP contribution in [-0.4, -0.2) is 26.2 Å². The fraction of sp³-hybridized carbons (Fsp3) is 0.333. The molecular formula is C15H16N4O2S. The van der Waals surface area contributed by atoms with Gasteiger partial charge in [0.1, 0.15) is 0 Å². The number of aryl methyl sites for hydroxylation is 1. The minimum absolute atomic E-state index is 0.0578. The van der Waals surface area contributed by atoms with Crippen LogP contribution in [-0.2, 0) is 11.3 Å². The molecule has 0 aromatic carbocycles. The molecule has 3 heterocycles. The summed E-state index contributed by atoms with van der Waals surface area (Å²) in [5.41, 5.74) is 1.36. The number of carbonyl (C=O) groups is 1. The van der Waals surface area contributed by atoms with E-state index in [0.717, 1.165) is 5.69 Å². The maximum Gasteiger partial charge on any atom is 0.257 e. The predicted octanol–water partition coefficient (Wildman–Crippen LogP) is 1.30. The first kappa shape index (κ1) is 14.8. The van der Waals surface area contributed by atoms with Crippen molar-refractivity contribution < 1.29 is 4.79 Å². The summed E-state index contributed by atoms with van der Waals surface area (Å²) in [6.07, 6.45) is 3.56. The summed E-state index contributed by atoms with van der Waals surface area (Å²) in [5, 5.41) is 3.54. The number of pyridine rings is 1. The Morgan fingerprint density at radius 3 is 3.09 bits per heavy atom. The lowest BCUT2D eigenvalue weighted by atomic mass is 10.2. The molecular weight excluding hydrogens is 300 g/mol. The first-order chi connectivity index (χ1) is 10.6. The highest BCUT2D eigenvalue weighted by Crippen LogP contribution is 2.31. The Balaban J connectivity index is 1.65.